The van der Waals surface area contributed by atoms with Crippen molar-refractivity contribution in [3.8, 4) is 0 Å². The predicted molar refractivity (Wildman–Crippen MR) is 69.8 cm³/mol. The van der Waals surface area contributed by atoms with Gasteiger partial charge in [0.05, 0.1) is 0 Å². The Morgan fingerprint density at radius 2 is 2.00 bits per heavy atom. The van der Waals surface area contributed by atoms with E-state index >= 15 is 0 Å². The van der Waals surface area contributed by atoms with Gasteiger partial charge < -0.3 is 9.88 Å². The van der Waals surface area contributed by atoms with E-state index in [9.17, 15) is 0 Å². The Bertz CT molecular complexity index is 434. The van der Waals surface area contributed by atoms with Crippen molar-refractivity contribution in [3.05, 3.63) is 54.1 Å². The van der Waals surface area contributed by atoms with Crippen LogP contribution < -0.4 is 5.32 Å². The molecule has 0 saturated carbocycles. The third kappa shape index (κ3) is 3.71. The lowest BCUT2D eigenvalue weighted by Crippen LogP contribution is -2.13. The largest absolute Gasteiger partial charge is 0.350 e. The Morgan fingerprint density at radius 3 is 2.76 bits per heavy atom. The molecule has 0 bridgehead atoms. The molecule has 2 aromatic rings. The maximum absolute atomic E-state index is 4.02. The van der Waals surface area contributed by atoms with Gasteiger partial charge in [-0.3, -0.25) is 4.98 Å². The second-order valence-electron chi connectivity index (χ2n) is 4.22. The number of rotatable bonds is 6. The summed E-state index contributed by atoms with van der Waals surface area (Å²) in [4.78, 5) is 4.02. The van der Waals surface area contributed by atoms with Gasteiger partial charge in [0, 0.05) is 37.9 Å². The summed E-state index contributed by atoms with van der Waals surface area (Å²) < 4.78 is 2.21. The van der Waals surface area contributed by atoms with Gasteiger partial charge >= 0.3 is 0 Å². The van der Waals surface area contributed by atoms with E-state index in [4.69, 9.17) is 0 Å². The van der Waals surface area contributed by atoms with Gasteiger partial charge in [0.2, 0.25) is 0 Å². The molecule has 0 aliphatic rings. The number of pyridine rings is 1. The maximum atomic E-state index is 4.02. The third-order valence-corrected chi connectivity index (χ3v) is 2.68. The van der Waals surface area contributed by atoms with Gasteiger partial charge in [-0.15, -0.1) is 0 Å². The summed E-state index contributed by atoms with van der Waals surface area (Å²) in [6, 6.07) is 6.27. The summed E-state index contributed by atoms with van der Waals surface area (Å²) in [5.41, 5.74) is 2.62. The number of hydrogen-bond donors (Lipinski definition) is 1. The minimum Gasteiger partial charge on any atom is -0.350 e. The van der Waals surface area contributed by atoms with Crippen molar-refractivity contribution in [1.82, 2.24) is 14.9 Å². The number of nitrogens with zero attached hydrogens (tertiary/aromatic N) is 2. The van der Waals surface area contributed by atoms with Gasteiger partial charge in [0.25, 0.3) is 0 Å². The fourth-order valence-electron chi connectivity index (χ4n) is 1.80. The first-order chi connectivity index (χ1) is 8.38. The summed E-state index contributed by atoms with van der Waals surface area (Å²) in [7, 11) is 0. The summed E-state index contributed by atoms with van der Waals surface area (Å²) in [6.07, 6.45) is 9.18. The van der Waals surface area contributed by atoms with Crippen LogP contribution in [0.3, 0.4) is 0 Å². The fourth-order valence-corrected chi connectivity index (χ4v) is 1.80. The lowest BCUT2D eigenvalue weighted by Gasteiger charge is -2.02. The highest BCUT2D eigenvalue weighted by atomic mass is 14.9. The Labute approximate surface area is 103 Å². The highest BCUT2D eigenvalue weighted by Crippen LogP contribution is 2.05. The Kier molecular flexibility index (Phi) is 4.33. The quantitative estimate of drug-likeness (QED) is 0.771. The topological polar surface area (TPSA) is 29.9 Å². The standard InChI is InChI=1S/C14H19N3/c1-2-6-16-10-14-5-9-17(12-14)11-13-3-7-15-8-4-13/h3-5,7-9,12,16H,2,6,10-11H2,1H3. The highest BCUT2D eigenvalue weighted by molar-refractivity contribution is 5.15. The van der Waals surface area contributed by atoms with Crippen molar-refractivity contribution in [2.45, 2.75) is 26.4 Å². The molecule has 0 radical (unpaired) electrons. The van der Waals surface area contributed by atoms with Crippen molar-refractivity contribution < 1.29 is 0 Å². The van der Waals surface area contributed by atoms with Crippen LogP contribution >= 0.6 is 0 Å². The van der Waals surface area contributed by atoms with E-state index in [1.807, 2.05) is 12.4 Å². The predicted octanol–water partition coefficient (Wildman–Crippen LogP) is 2.43. The molecule has 2 rings (SSSR count). The van der Waals surface area contributed by atoms with Gasteiger partial charge in [-0.25, -0.2) is 0 Å². The van der Waals surface area contributed by atoms with E-state index in [1.54, 1.807) is 0 Å². The number of aromatic nitrogens is 2. The molecule has 90 valence electrons. The fraction of sp³-hybridized carbons (Fsp3) is 0.357. The molecule has 0 aliphatic heterocycles. The van der Waals surface area contributed by atoms with Gasteiger partial charge in [0.15, 0.2) is 0 Å². The Morgan fingerprint density at radius 1 is 1.18 bits per heavy atom. The molecule has 0 aromatic carbocycles. The minimum absolute atomic E-state index is 0.913. The molecule has 0 saturated heterocycles. The van der Waals surface area contributed by atoms with Crippen LogP contribution in [0.15, 0.2) is 43.0 Å². The van der Waals surface area contributed by atoms with Crippen LogP contribution in [0.1, 0.15) is 24.5 Å². The van der Waals surface area contributed by atoms with Crippen LogP contribution in [0.2, 0.25) is 0 Å². The van der Waals surface area contributed by atoms with Crippen molar-refractivity contribution in [2.24, 2.45) is 0 Å². The van der Waals surface area contributed by atoms with E-state index in [2.05, 4.69) is 52.4 Å². The van der Waals surface area contributed by atoms with E-state index < -0.39 is 0 Å². The normalized spacial score (nSPS) is 10.6. The lowest BCUT2D eigenvalue weighted by molar-refractivity contribution is 0.673. The molecule has 0 aliphatic carbocycles. The molecule has 3 heteroatoms. The zero-order valence-electron chi connectivity index (χ0n) is 10.3. The Balaban J connectivity index is 1.90. The van der Waals surface area contributed by atoms with Gasteiger partial charge in [-0.1, -0.05) is 6.92 Å². The monoisotopic (exact) mass is 229 g/mol. The van der Waals surface area contributed by atoms with Crippen LogP contribution in [0.5, 0.6) is 0 Å². The first-order valence-electron chi connectivity index (χ1n) is 6.13. The molecule has 2 aromatic heterocycles. The van der Waals surface area contributed by atoms with Gasteiger partial charge in [0.1, 0.15) is 0 Å². The summed E-state index contributed by atoms with van der Waals surface area (Å²) in [5.74, 6) is 0. The van der Waals surface area contributed by atoms with Gasteiger partial charge in [-0.05, 0) is 42.3 Å². The minimum atomic E-state index is 0.913. The molecule has 0 unspecified atom stereocenters. The molecule has 0 spiro atoms. The second-order valence-corrected chi connectivity index (χ2v) is 4.22. The molecular weight excluding hydrogens is 210 g/mol. The summed E-state index contributed by atoms with van der Waals surface area (Å²) in [5, 5.41) is 3.41. The molecule has 0 atom stereocenters. The molecule has 2 heterocycles. The van der Waals surface area contributed by atoms with Crippen LogP contribution in [0.25, 0.3) is 0 Å². The maximum Gasteiger partial charge on any atom is 0.0471 e. The van der Waals surface area contributed by atoms with Crippen molar-refractivity contribution in [3.63, 3.8) is 0 Å². The second kappa shape index (κ2) is 6.21. The average molecular weight is 229 g/mol. The molecule has 17 heavy (non-hydrogen) atoms. The first kappa shape index (κ1) is 11.9. The van der Waals surface area contributed by atoms with Crippen molar-refractivity contribution in [1.29, 1.82) is 0 Å². The highest BCUT2D eigenvalue weighted by Gasteiger charge is 1.97. The van der Waals surface area contributed by atoms with E-state index in [0.717, 1.165) is 19.6 Å². The van der Waals surface area contributed by atoms with Crippen LogP contribution in [0.4, 0.5) is 0 Å². The van der Waals surface area contributed by atoms with E-state index in [1.165, 1.54) is 17.5 Å². The Hall–Kier alpha value is -1.61. The molecular formula is C14H19N3. The molecule has 0 amide bonds. The van der Waals surface area contributed by atoms with Crippen molar-refractivity contribution in [2.75, 3.05) is 6.54 Å². The molecule has 0 fully saturated rings. The average Bonchev–Trinajstić information content (AvgIpc) is 2.79. The van der Waals surface area contributed by atoms with Crippen LogP contribution in [-0.2, 0) is 13.1 Å². The van der Waals surface area contributed by atoms with E-state index in [-0.39, 0.29) is 0 Å². The van der Waals surface area contributed by atoms with Crippen molar-refractivity contribution >= 4 is 0 Å². The number of hydrogen-bond acceptors (Lipinski definition) is 2. The van der Waals surface area contributed by atoms with Crippen LogP contribution in [-0.4, -0.2) is 16.1 Å². The summed E-state index contributed by atoms with van der Waals surface area (Å²) >= 11 is 0. The molecule has 1 N–H and O–H groups in total. The first-order valence-corrected chi connectivity index (χ1v) is 6.13. The van der Waals surface area contributed by atoms with E-state index in [0.29, 0.717) is 0 Å². The van der Waals surface area contributed by atoms with Crippen LogP contribution in [0, 0.1) is 0 Å². The third-order valence-electron chi connectivity index (χ3n) is 2.68. The zero-order valence-corrected chi connectivity index (χ0v) is 10.3. The lowest BCUT2D eigenvalue weighted by atomic mass is 10.3. The van der Waals surface area contributed by atoms with Gasteiger partial charge in [-0.2, -0.15) is 0 Å². The zero-order chi connectivity index (χ0) is 11.9. The number of nitrogens with one attached hydrogen (secondary N) is 1. The summed E-state index contributed by atoms with van der Waals surface area (Å²) in [6.45, 7) is 5.13. The molecule has 3 nitrogen and oxygen atoms in total. The smallest absolute Gasteiger partial charge is 0.0471 e. The SMILES string of the molecule is CCCNCc1ccn(Cc2ccncc2)c1.